The summed E-state index contributed by atoms with van der Waals surface area (Å²) >= 11 is 1.63. The Bertz CT molecular complexity index is 1200. The van der Waals surface area contributed by atoms with E-state index in [4.69, 9.17) is 14.2 Å². The third kappa shape index (κ3) is 3.87. The third-order valence-corrected chi connectivity index (χ3v) is 6.80. The summed E-state index contributed by atoms with van der Waals surface area (Å²) in [5, 5.41) is 17.3. The topological polar surface area (TPSA) is 84.5 Å². The first-order valence-electron chi connectivity index (χ1n) is 10.5. The molecule has 5 rings (SSSR count). The lowest BCUT2D eigenvalue weighted by Crippen LogP contribution is -2.43. The van der Waals surface area contributed by atoms with Crippen molar-refractivity contribution in [3.63, 3.8) is 0 Å². The van der Waals surface area contributed by atoms with Crippen LogP contribution in [-0.4, -0.2) is 40.4 Å². The molecule has 0 radical (unpaired) electrons. The average Bonchev–Trinajstić information content (AvgIpc) is 3.51. The predicted octanol–water partition coefficient (Wildman–Crippen LogP) is 4.67. The highest BCUT2D eigenvalue weighted by Gasteiger charge is 2.35. The molecule has 1 aliphatic rings. The van der Waals surface area contributed by atoms with Gasteiger partial charge in [-0.3, -0.25) is 0 Å². The molecule has 0 unspecified atom stereocenters. The van der Waals surface area contributed by atoms with E-state index in [1.165, 1.54) is 0 Å². The molecule has 1 N–H and O–H groups in total. The molecular formula is C24H24N4O3S. The van der Waals surface area contributed by atoms with Crippen LogP contribution in [0.4, 0.5) is 5.95 Å². The predicted molar refractivity (Wildman–Crippen MR) is 124 cm³/mol. The van der Waals surface area contributed by atoms with Gasteiger partial charge in [0.1, 0.15) is 5.75 Å². The summed E-state index contributed by atoms with van der Waals surface area (Å²) in [6.07, 6.45) is 3.00. The zero-order chi connectivity index (χ0) is 22.1. The Morgan fingerprint density at radius 3 is 2.56 bits per heavy atom. The van der Waals surface area contributed by atoms with Gasteiger partial charge in [-0.15, -0.1) is 11.3 Å². The van der Waals surface area contributed by atoms with E-state index >= 15 is 0 Å². The smallest absolute Gasteiger partial charge is 0.225 e. The summed E-state index contributed by atoms with van der Waals surface area (Å²) in [5.41, 5.74) is 2.52. The van der Waals surface area contributed by atoms with Crippen LogP contribution in [0.5, 0.6) is 5.75 Å². The third-order valence-electron chi connectivity index (χ3n) is 5.92. The van der Waals surface area contributed by atoms with E-state index in [2.05, 4.69) is 15.0 Å². The molecule has 164 valence electrons. The van der Waals surface area contributed by atoms with E-state index in [9.17, 15) is 5.11 Å². The molecule has 1 saturated heterocycles. The number of nitrogens with zero attached hydrogens (tertiary/aromatic N) is 4. The van der Waals surface area contributed by atoms with E-state index in [0.717, 1.165) is 33.1 Å². The van der Waals surface area contributed by atoms with Crippen LogP contribution in [-0.2, 0) is 5.60 Å². The molecule has 0 saturated carbocycles. The van der Waals surface area contributed by atoms with Crippen molar-refractivity contribution in [1.29, 1.82) is 0 Å². The standard InChI is InChI=1S/C24H24N4O3S/c1-16-14-20(31-27-16)19-15-25-23(26-22(19)21-4-3-13-32-21)28-11-9-24(29,10-12-28)17-5-7-18(30-2)8-6-17/h3-8,13-15,29H,9-12H2,1-2H3. The molecule has 4 aromatic rings. The summed E-state index contributed by atoms with van der Waals surface area (Å²) in [6, 6.07) is 13.6. The van der Waals surface area contributed by atoms with Crippen LogP contribution in [0.15, 0.2) is 58.6 Å². The number of methoxy groups -OCH3 is 1. The normalized spacial score (nSPS) is 15.7. The Morgan fingerprint density at radius 2 is 1.94 bits per heavy atom. The Hall–Kier alpha value is -3.23. The number of thiophene rings is 1. The molecule has 1 aliphatic heterocycles. The molecular weight excluding hydrogens is 424 g/mol. The first kappa shape index (κ1) is 20.7. The summed E-state index contributed by atoms with van der Waals surface area (Å²) in [7, 11) is 1.64. The van der Waals surface area contributed by atoms with Crippen LogP contribution in [0.1, 0.15) is 24.1 Å². The minimum atomic E-state index is -0.864. The highest BCUT2D eigenvalue weighted by Crippen LogP contribution is 2.37. The average molecular weight is 449 g/mol. The van der Waals surface area contributed by atoms with Crippen LogP contribution < -0.4 is 9.64 Å². The fraction of sp³-hybridized carbons (Fsp3) is 0.292. The molecule has 0 bridgehead atoms. The second-order valence-electron chi connectivity index (χ2n) is 7.99. The molecule has 1 fully saturated rings. The SMILES string of the molecule is COc1ccc(C2(O)CCN(c3ncc(-c4cc(C)no4)c(-c4cccs4)n3)CC2)cc1. The zero-order valence-electron chi connectivity index (χ0n) is 18.0. The molecule has 0 aliphatic carbocycles. The summed E-state index contributed by atoms with van der Waals surface area (Å²) in [6.45, 7) is 3.21. The fourth-order valence-electron chi connectivity index (χ4n) is 4.06. The molecule has 8 heteroatoms. The lowest BCUT2D eigenvalue weighted by molar-refractivity contribution is 0.0115. The van der Waals surface area contributed by atoms with Gasteiger partial charge < -0.3 is 19.3 Å². The van der Waals surface area contributed by atoms with Gasteiger partial charge >= 0.3 is 0 Å². The Labute approximate surface area is 190 Å². The van der Waals surface area contributed by atoms with E-state index in [-0.39, 0.29) is 0 Å². The number of hydrogen-bond acceptors (Lipinski definition) is 8. The van der Waals surface area contributed by atoms with Crippen molar-refractivity contribution in [2.45, 2.75) is 25.4 Å². The first-order valence-corrected chi connectivity index (χ1v) is 11.4. The summed E-state index contributed by atoms with van der Waals surface area (Å²) in [4.78, 5) is 12.7. The van der Waals surface area contributed by atoms with E-state index in [1.54, 1.807) is 18.4 Å². The zero-order valence-corrected chi connectivity index (χ0v) is 18.8. The van der Waals surface area contributed by atoms with Crippen molar-refractivity contribution in [1.82, 2.24) is 15.1 Å². The number of rotatable bonds is 5. The largest absolute Gasteiger partial charge is 0.497 e. The summed E-state index contributed by atoms with van der Waals surface area (Å²) < 4.78 is 10.7. The van der Waals surface area contributed by atoms with Crippen molar-refractivity contribution < 1.29 is 14.4 Å². The molecule has 4 heterocycles. The van der Waals surface area contributed by atoms with Crippen molar-refractivity contribution in [3.8, 4) is 27.6 Å². The second kappa shape index (κ2) is 8.37. The number of aromatic nitrogens is 3. The maximum Gasteiger partial charge on any atom is 0.225 e. The van der Waals surface area contributed by atoms with Gasteiger partial charge in [0.15, 0.2) is 5.76 Å². The van der Waals surface area contributed by atoms with Crippen molar-refractivity contribution in [2.75, 3.05) is 25.1 Å². The number of aryl methyl sites for hydroxylation is 1. The minimum absolute atomic E-state index is 0.597. The van der Waals surface area contributed by atoms with Gasteiger partial charge in [-0.05, 0) is 48.9 Å². The van der Waals surface area contributed by atoms with Gasteiger partial charge in [0.25, 0.3) is 0 Å². The number of ether oxygens (including phenoxy) is 1. The maximum atomic E-state index is 11.2. The second-order valence-corrected chi connectivity index (χ2v) is 8.94. The van der Waals surface area contributed by atoms with E-state index < -0.39 is 5.60 Å². The Balaban J connectivity index is 1.40. The van der Waals surface area contributed by atoms with Crippen LogP contribution in [0.3, 0.4) is 0 Å². The number of hydrogen-bond donors (Lipinski definition) is 1. The van der Waals surface area contributed by atoms with Gasteiger partial charge in [0.05, 0.1) is 34.5 Å². The molecule has 1 aromatic carbocycles. The van der Waals surface area contributed by atoms with Crippen LogP contribution in [0.25, 0.3) is 21.9 Å². The van der Waals surface area contributed by atoms with Gasteiger partial charge in [0.2, 0.25) is 5.95 Å². The molecule has 3 aromatic heterocycles. The van der Waals surface area contributed by atoms with Crippen molar-refractivity contribution >= 4 is 17.3 Å². The number of anilines is 1. The molecule has 32 heavy (non-hydrogen) atoms. The van der Waals surface area contributed by atoms with Crippen LogP contribution >= 0.6 is 11.3 Å². The molecule has 0 spiro atoms. The van der Waals surface area contributed by atoms with E-state index in [0.29, 0.717) is 37.6 Å². The van der Waals surface area contributed by atoms with Gasteiger partial charge in [-0.1, -0.05) is 23.4 Å². The fourth-order valence-corrected chi connectivity index (χ4v) is 4.79. The van der Waals surface area contributed by atoms with E-state index in [1.807, 2.05) is 61.0 Å². The quantitative estimate of drug-likeness (QED) is 0.475. The lowest BCUT2D eigenvalue weighted by Gasteiger charge is -2.38. The molecule has 0 atom stereocenters. The van der Waals surface area contributed by atoms with Crippen LogP contribution in [0, 0.1) is 6.92 Å². The number of aliphatic hydroxyl groups is 1. The first-order chi connectivity index (χ1) is 15.6. The minimum Gasteiger partial charge on any atom is -0.497 e. The van der Waals surface area contributed by atoms with Gasteiger partial charge in [-0.25, -0.2) is 9.97 Å². The van der Waals surface area contributed by atoms with Gasteiger partial charge in [-0.2, -0.15) is 0 Å². The molecule has 7 nitrogen and oxygen atoms in total. The van der Waals surface area contributed by atoms with Crippen molar-refractivity contribution in [3.05, 3.63) is 65.3 Å². The highest BCUT2D eigenvalue weighted by atomic mass is 32.1. The monoisotopic (exact) mass is 448 g/mol. The van der Waals surface area contributed by atoms with Crippen LogP contribution in [0.2, 0.25) is 0 Å². The maximum absolute atomic E-state index is 11.2. The lowest BCUT2D eigenvalue weighted by atomic mass is 9.84. The Kier molecular flexibility index (Phi) is 5.40. The molecule has 0 amide bonds. The van der Waals surface area contributed by atoms with Gasteiger partial charge in [0, 0.05) is 25.4 Å². The highest BCUT2D eigenvalue weighted by molar-refractivity contribution is 7.13. The number of benzene rings is 1. The summed E-state index contributed by atoms with van der Waals surface area (Å²) in [5.74, 6) is 2.10. The number of piperidine rings is 1. The Morgan fingerprint density at radius 1 is 1.16 bits per heavy atom. The van der Waals surface area contributed by atoms with Crippen molar-refractivity contribution in [2.24, 2.45) is 0 Å².